The molecule has 0 radical (unpaired) electrons. The van der Waals surface area contributed by atoms with Gasteiger partial charge < -0.3 is 9.30 Å². The molecular weight excluding hydrogens is 238 g/mol. The van der Waals surface area contributed by atoms with Crippen molar-refractivity contribution >= 4 is 11.2 Å². The summed E-state index contributed by atoms with van der Waals surface area (Å²) in [5.41, 5.74) is 2.91. The quantitative estimate of drug-likeness (QED) is 0.717. The number of nitrogens with zero attached hydrogens (tertiary/aromatic N) is 3. The van der Waals surface area contributed by atoms with Gasteiger partial charge in [0.05, 0.1) is 6.61 Å². The van der Waals surface area contributed by atoms with Gasteiger partial charge in [-0.05, 0) is 12.1 Å². The van der Waals surface area contributed by atoms with Gasteiger partial charge in [-0.3, -0.25) is 0 Å². The van der Waals surface area contributed by atoms with E-state index in [1.165, 1.54) is 0 Å². The van der Waals surface area contributed by atoms with Gasteiger partial charge in [-0.2, -0.15) is 0 Å². The average Bonchev–Trinajstić information content (AvgIpc) is 2.85. The fraction of sp³-hybridized carbons (Fsp3) is 0.200. The Hall–Kier alpha value is -2.20. The van der Waals surface area contributed by atoms with Crippen molar-refractivity contribution in [3.8, 4) is 11.4 Å². The van der Waals surface area contributed by atoms with Crippen LogP contribution >= 0.6 is 0 Å². The van der Waals surface area contributed by atoms with E-state index in [1.54, 1.807) is 13.3 Å². The van der Waals surface area contributed by atoms with Crippen molar-refractivity contribution in [2.24, 2.45) is 0 Å². The third kappa shape index (κ3) is 2.22. The van der Waals surface area contributed by atoms with E-state index in [1.807, 2.05) is 30.3 Å². The summed E-state index contributed by atoms with van der Waals surface area (Å²) in [7, 11) is 1.70. The lowest BCUT2D eigenvalue weighted by atomic mass is 10.2. The summed E-state index contributed by atoms with van der Waals surface area (Å²) < 4.78 is 7.28. The fourth-order valence-electron chi connectivity index (χ4n) is 2.16. The van der Waals surface area contributed by atoms with Crippen LogP contribution in [-0.4, -0.2) is 28.3 Å². The zero-order valence-electron chi connectivity index (χ0n) is 10.8. The van der Waals surface area contributed by atoms with Gasteiger partial charge in [0.15, 0.2) is 5.65 Å². The lowest BCUT2D eigenvalue weighted by Crippen LogP contribution is -2.06. The minimum absolute atomic E-state index is 0.641. The molecule has 0 amide bonds. The van der Waals surface area contributed by atoms with Crippen LogP contribution in [-0.2, 0) is 11.3 Å². The second-order valence-electron chi connectivity index (χ2n) is 4.29. The predicted octanol–water partition coefficient (Wildman–Crippen LogP) is 2.74. The molecule has 0 atom stereocenters. The fourth-order valence-corrected chi connectivity index (χ4v) is 2.16. The Morgan fingerprint density at radius 1 is 1.11 bits per heavy atom. The molecule has 0 aliphatic heterocycles. The maximum Gasteiger partial charge on any atom is 0.160 e. The van der Waals surface area contributed by atoms with E-state index in [9.17, 15) is 0 Å². The molecule has 2 aromatic heterocycles. The molecule has 0 bridgehead atoms. The Balaban J connectivity index is 2.17. The molecule has 3 aromatic rings. The molecule has 4 heteroatoms. The minimum Gasteiger partial charge on any atom is -0.383 e. The van der Waals surface area contributed by atoms with E-state index in [4.69, 9.17) is 4.74 Å². The lowest BCUT2D eigenvalue weighted by molar-refractivity contribution is 0.188. The maximum atomic E-state index is 5.18. The van der Waals surface area contributed by atoms with Crippen molar-refractivity contribution in [1.82, 2.24) is 14.5 Å². The topological polar surface area (TPSA) is 39.9 Å². The van der Waals surface area contributed by atoms with Gasteiger partial charge >= 0.3 is 0 Å². The molecule has 2 heterocycles. The van der Waals surface area contributed by atoms with Gasteiger partial charge in [0.1, 0.15) is 11.3 Å². The van der Waals surface area contributed by atoms with Crippen molar-refractivity contribution in [2.45, 2.75) is 6.54 Å². The smallest absolute Gasteiger partial charge is 0.160 e. The number of benzene rings is 1. The summed E-state index contributed by atoms with van der Waals surface area (Å²) in [5.74, 6) is 0.936. The van der Waals surface area contributed by atoms with Crippen molar-refractivity contribution in [3.63, 3.8) is 0 Å². The molecule has 0 unspecified atom stereocenters. The second kappa shape index (κ2) is 5.20. The summed E-state index contributed by atoms with van der Waals surface area (Å²) in [6.45, 7) is 1.39. The van der Waals surface area contributed by atoms with Crippen molar-refractivity contribution in [2.75, 3.05) is 13.7 Å². The third-order valence-corrected chi connectivity index (χ3v) is 3.05. The van der Waals surface area contributed by atoms with Crippen LogP contribution in [0.5, 0.6) is 0 Å². The zero-order chi connectivity index (χ0) is 13.1. The predicted molar refractivity (Wildman–Crippen MR) is 74.8 cm³/mol. The molecule has 96 valence electrons. The standard InChI is InChI=1S/C15H15N3O/c1-19-11-10-18-14(12-6-3-2-4-7-12)17-13-8-5-9-16-15(13)18/h2-9H,10-11H2,1H3. The first-order valence-electron chi connectivity index (χ1n) is 6.26. The van der Waals surface area contributed by atoms with Crippen LogP contribution in [0.2, 0.25) is 0 Å². The summed E-state index contributed by atoms with van der Waals surface area (Å²) in [6, 6.07) is 14.0. The molecule has 0 fully saturated rings. The van der Waals surface area contributed by atoms with Crippen LogP contribution in [0.4, 0.5) is 0 Å². The largest absolute Gasteiger partial charge is 0.383 e. The molecule has 3 rings (SSSR count). The van der Waals surface area contributed by atoms with Crippen LogP contribution in [0, 0.1) is 0 Å². The first kappa shape index (κ1) is 11.9. The van der Waals surface area contributed by atoms with Crippen molar-refractivity contribution in [3.05, 3.63) is 48.7 Å². The SMILES string of the molecule is COCCn1c(-c2ccccc2)nc2cccnc21. The van der Waals surface area contributed by atoms with Crippen LogP contribution in [0.25, 0.3) is 22.6 Å². The number of rotatable bonds is 4. The molecule has 4 nitrogen and oxygen atoms in total. The van der Waals surface area contributed by atoms with Crippen LogP contribution < -0.4 is 0 Å². The summed E-state index contributed by atoms with van der Waals surface area (Å²) in [4.78, 5) is 9.11. The second-order valence-corrected chi connectivity index (χ2v) is 4.29. The molecule has 0 aliphatic rings. The number of fused-ring (bicyclic) bond motifs is 1. The number of methoxy groups -OCH3 is 1. The van der Waals surface area contributed by atoms with Gasteiger partial charge in [0.2, 0.25) is 0 Å². The highest BCUT2D eigenvalue weighted by molar-refractivity contribution is 5.76. The summed E-state index contributed by atoms with van der Waals surface area (Å²) in [5, 5.41) is 0. The third-order valence-electron chi connectivity index (χ3n) is 3.05. The highest BCUT2D eigenvalue weighted by Crippen LogP contribution is 2.23. The normalized spacial score (nSPS) is 11.0. The van der Waals surface area contributed by atoms with Gasteiger partial charge in [0.25, 0.3) is 0 Å². The number of hydrogen-bond donors (Lipinski definition) is 0. The van der Waals surface area contributed by atoms with Gasteiger partial charge in [0, 0.05) is 25.4 Å². The Morgan fingerprint density at radius 3 is 2.74 bits per heavy atom. The molecule has 19 heavy (non-hydrogen) atoms. The first-order valence-corrected chi connectivity index (χ1v) is 6.26. The van der Waals surface area contributed by atoms with E-state index in [-0.39, 0.29) is 0 Å². The molecule has 0 saturated carbocycles. The van der Waals surface area contributed by atoms with E-state index in [2.05, 4.69) is 26.7 Å². The van der Waals surface area contributed by atoms with E-state index >= 15 is 0 Å². The van der Waals surface area contributed by atoms with Gasteiger partial charge in [-0.1, -0.05) is 30.3 Å². The Kier molecular flexibility index (Phi) is 3.25. The molecule has 0 aliphatic carbocycles. The molecule has 0 N–H and O–H groups in total. The Labute approximate surface area is 111 Å². The van der Waals surface area contributed by atoms with Crippen LogP contribution in [0.1, 0.15) is 0 Å². The van der Waals surface area contributed by atoms with E-state index in [0.29, 0.717) is 6.61 Å². The van der Waals surface area contributed by atoms with Crippen molar-refractivity contribution in [1.29, 1.82) is 0 Å². The average molecular weight is 253 g/mol. The van der Waals surface area contributed by atoms with Crippen LogP contribution in [0.15, 0.2) is 48.7 Å². The van der Waals surface area contributed by atoms with E-state index in [0.717, 1.165) is 29.1 Å². The molecule has 1 aromatic carbocycles. The number of pyridine rings is 1. The summed E-state index contributed by atoms with van der Waals surface area (Å²) >= 11 is 0. The number of imidazole rings is 1. The minimum atomic E-state index is 0.641. The highest BCUT2D eigenvalue weighted by atomic mass is 16.5. The van der Waals surface area contributed by atoms with E-state index < -0.39 is 0 Å². The summed E-state index contributed by atoms with van der Waals surface area (Å²) in [6.07, 6.45) is 1.79. The molecule has 0 spiro atoms. The Bertz CT molecular complexity index is 676. The molecular formula is C15H15N3O. The molecule has 0 saturated heterocycles. The lowest BCUT2D eigenvalue weighted by Gasteiger charge is -2.07. The highest BCUT2D eigenvalue weighted by Gasteiger charge is 2.12. The monoisotopic (exact) mass is 253 g/mol. The number of ether oxygens (including phenoxy) is 1. The van der Waals surface area contributed by atoms with Gasteiger partial charge in [-0.15, -0.1) is 0 Å². The Morgan fingerprint density at radius 2 is 1.95 bits per heavy atom. The zero-order valence-corrected chi connectivity index (χ0v) is 10.8. The number of hydrogen-bond acceptors (Lipinski definition) is 3. The van der Waals surface area contributed by atoms with Crippen molar-refractivity contribution < 1.29 is 4.74 Å². The maximum absolute atomic E-state index is 5.18. The first-order chi connectivity index (χ1) is 9.40. The number of aromatic nitrogens is 3. The van der Waals surface area contributed by atoms with Crippen LogP contribution in [0.3, 0.4) is 0 Å². The van der Waals surface area contributed by atoms with Gasteiger partial charge in [-0.25, -0.2) is 9.97 Å².